The maximum absolute atomic E-state index is 12.5. The van der Waals surface area contributed by atoms with Crippen LogP contribution in [0.4, 0.5) is 0 Å². The van der Waals surface area contributed by atoms with Gasteiger partial charge in [-0.1, -0.05) is 40.9 Å². The number of carbonyl (C=O) groups excluding carboxylic acids is 1. The van der Waals surface area contributed by atoms with E-state index in [0.29, 0.717) is 39.3 Å². The van der Waals surface area contributed by atoms with E-state index in [1.807, 2.05) is 19.9 Å². The number of halogens is 2. The molecule has 0 N–H and O–H groups in total. The van der Waals surface area contributed by atoms with Crippen LogP contribution in [0, 0.1) is 0 Å². The van der Waals surface area contributed by atoms with Crippen molar-refractivity contribution in [2.45, 2.75) is 13.8 Å². The van der Waals surface area contributed by atoms with Gasteiger partial charge in [0.25, 0.3) is 0 Å². The second-order valence-electron chi connectivity index (χ2n) is 5.83. The van der Waals surface area contributed by atoms with Crippen molar-refractivity contribution in [3.8, 4) is 11.5 Å². The zero-order chi connectivity index (χ0) is 18.0. The van der Waals surface area contributed by atoms with Crippen molar-refractivity contribution in [3.63, 3.8) is 0 Å². The monoisotopic (exact) mass is 374 g/mol. The molecule has 0 unspecified atom stereocenters. The first-order valence-corrected chi connectivity index (χ1v) is 8.50. The van der Waals surface area contributed by atoms with Crippen molar-refractivity contribution in [2.75, 3.05) is 6.61 Å². The number of ether oxygens (including phenoxy) is 2. The summed E-state index contributed by atoms with van der Waals surface area (Å²) in [5.74, 6) is 1.14. The lowest BCUT2D eigenvalue weighted by Crippen LogP contribution is -1.98. The van der Waals surface area contributed by atoms with Gasteiger partial charge >= 0.3 is 0 Å². The number of hydrogen-bond donors (Lipinski definition) is 0. The topological polar surface area (TPSA) is 35.5 Å². The van der Waals surface area contributed by atoms with Crippen LogP contribution in [0.3, 0.4) is 0 Å². The first kappa shape index (κ1) is 17.6. The second-order valence-corrected chi connectivity index (χ2v) is 6.62. The van der Waals surface area contributed by atoms with E-state index in [1.165, 1.54) is 5.57 Å². The van der Waals surface area contributed by atoms with E-state index in [0.717, 1.165) is 0 Å². The Morgan fingerprint density at radius 3 is 2.76 bits per heavy atom. The van der Waals surface area contributed by atoms with Crippen LogP contribution in [0.25, 0.3) is 6.08 Å². The van der Waals surface area contributed by atoms with Gasteiger partial charge < -0.3 is 9.47 Å². The van der Waals surface area contributed by atoms with E-state index in [2.05, 4.69) is 0 Å². The highest BCUT2D eigenvalue weighted by Crippen LogP contribution is 2.36. The number of fused-ring (bicyclic) bond motifs is 1. The lowest BCUT2D eigenvalue weighted by molar-refractivity contribution is 0.101. The molecule has 1 heterocycles. The normalized spacial score (nSPS) is 14.2. The summed E-state index contributed by atoms with van der Waals surface area (Å²) in [7, 11) is 0. The highest BCUT2D eigenvalue weighted by atomic mass is 35.5. The summed E-state index contributed by atoms with van der Waals surface area (Å²) in [6.45, 7) is 4.48. The number of benzene rings is 2. The van der Waals surface area contributed by atoms with Crippen molar-refractivity contribution in [1.82, 2.24) is 0 Å². The Hall–Kier alpha value is -2.23. The van der Waals surface area contributed by atoms with Gasteiger partial charge in [-0.25, -0.2) is 0 Å². The van der Waals surface area contributed by atoms with Crippen molar-refractivity contribution < 1.29 is 14.3 Å². The van der Waals surface area contributed by atoms with Gasteiger partial charge in [0.15, 0.2) is 5.76 Å². The molecule has 0 aliphatic carbocycles. The number of Topliss-reactive ketones (excluding diaryl/α,β-unsaturated/α-hetero) is 1. The first-order valence-electron chi connectivity index (χ1n) is 7.74. The molecule has 3 rings (SSSR count). The second kappa shape index (κ2) is 7.34. The summed E-state index contributed by atoms with van der Waals surface area (Å²) in [5.41, 5.74) is 2.31. The van der Waals surface area contributed by atoms with Crippen LogP contribution in [-0.4, -0.2) is 12.4 Å². The number of hydrogen-bond acceptors (Lipinski definition) is 3. The summed E-state index contributed by atoms with van der Waals surface area (Å²) >= 11 is 12.2. The zero-order valence-electron chi connectivity index (χ0n) is 13.8. The Kier molecular flexibility index (Phi) is 5.16. The summed E-state index contributed by atoms with van der Waals surface area (Å²) in [5, 5.41) is 0.809. The minimum absolute atomic E-state index is 0.193. The van der Waals surface area contributed by atoms with E-state index in [-0.39, 0.29) is 11.5 Å². The highest BCUT2D eigenvalue weighted by molar-refractivity contribution is 6.43. The van der Waals surface area contributed by atoms with Gasteiger partial charge in [0.2, 0.25) is 5.78 Å². The van der Waals surface area contributed by atoms with E-state index in [9.17, 15) is 4.79 Å². The minimum atomic E-state index is -0.193. The molecule has 0 fully saturated rings. The molecule has 0 saturated heterocycles. The molecule has 0 spiro atoms. The Morgan fingerprint density at radius 2 is 2.00 bits per heavy atom. The van der Waals surface area contributed by atoms with E-state index in [4.69, 9.17) is 32.7 Å². The SMILES string of the molecule is CC(C)=CCOc1ccc2c(c1)OC(=Cc1cccc(Cl)c1Cl)C2=O. The van der Waals surface area contributed by atoms with Crippen molar-refractivity contribution in [3.05, 3.63) is 75.0 Å². The Balaban J connectivity index is 1.84. The molecule has 128 valence electrons. The van der Waals surface area contributed by atoms with Gasteiger partial charge in [-0.2, -0.15) is 0 Å². The largest absolute Gasteiger partial charge is 0.489 e. The maximum Gasteiger partial charge on any atom is 0.231 e. The van der Waals surface area contributed by atoms with Crippen LogP contribution in [0.2, 0.25) is 10.0 Å². The molecule has 1 aliphatic rings. The molecule has 25 heavy (non-hydrogen) atoms. The Bertz CT molecular complexity index is 894. The van der Waals surface area contributed by atoms with Gasteiger partial charge in [0.1, 0.15) is 18.1 Å². The predicted molar refractivity (Wildman–Crippen MR) is 101 cm³/mol. The number of ketones is 1. The van der Waals surface area contributed by atoms with E-state index < -0.39 is 0 Å². The van der Waals surface area contributed by atoms with Crippen LogP contribution in [0.1, 0.15) is 29.8 Å². The zero-order valence-corrected chi connectivity index (χ0v) is 15.3. The summed E-state index contributed by atoms with van der Waals surface area (Å²) in [6.07, 6.45) is 3.58. The van der Waals surface area contributed by atoms with Gasteiger partial charge in [0, 0.05) is 6.07 Å². The molecule has 0 saturated carbocycles. The number of allylic oxidation sites excluding steroid dienone is 2. The molecule has 3 nitrogen and oxygen atoms in total. The average molecular weight is 375 g/mol. The third-order valence-corrected chi connectivity index (χ3v) is 4.48. The van der Waals surface area contributed by atoms with Crippen molar-refractivity contribution in [2.24, 2.45) is 0 Å². The molecule has 1 aliphatic heterocycles. The molecule has 0 radical (unpaired) electrons. The van der Waals surface area contributed by atoms with Crippen LogP contribution in [-0.2, 0) is 0 Å². The van der Waals surface area contributed by atoms with E-state index >= 15 is 0 Å². The molecule has 0 aromatic heterocycles. The standard InChI is InChI=1S/C20H16Cl2O3/c1-12(2)8-9-24-14-6-7-15-17(11-14)25-18(20(15)23)10-13-4-3-5-16(21)19(13)22/h3-8,10-11H,9H2,1-2H3. The smallest absolute Gasteiger partial charge is 0.231 e. The predicted octanol–water partition coefficient (Wildman–Crippen LogP) is 5.95. The summed E-state index contributed by atoms with van der Waals surface area (Å²) < 4.78 is 11.3. The van der Waals surface area contributed by atoms with Crippen LogP contribution in [0.15, 0.2) is 53.8 Å². The van der Waals surface area contributed by atoms with Gasteiger partial charge in [-0.05, 0) is 49.8 Å². The average Bonchev–Trinajstić information content (AvgIpc) is 2.87. The first-order chi connectivity index (χ1) is 12.0. The lowest BCUT2D eigenvalue weighted by atomic mass is 10.1. The molecule has 0 amide bonds. The maximum atomic E-state index is 12.5. The lowest BCUT2D eigenvalue weighted by Gasteiger charge is -2.05. The van der Waals surface area contributed by atoms with Crippen LogP contribution < -0.4 is 9.47 Å². The van der Waals surface area contributed by atoms with E-state index in [1.54, 1.807) is 42.5 Å². The van der Waals surface area contributed by atoms with Gasteiger partial charge in [0.05, 0.1) is 15.6 Å². The summed E-state index contributed by atoms with van der Waals surface area (Å²) in [6, 6.07) is 10.4. The molecule has 2 aromatic carbocycles. The molecule has 0 bridgehead atoms. The molecular formula is C20H16Cl2O3. The molecule has 2 aromatic rings. The number of carbonyl (C=O) groups is 1. The van der Waals surface area contributed by atoms with Gasteiger partial charge in [-0.3, -0.25) is 4.79 Å². The van der Waals surface area contributed by atoms with Crippen molar-refractivity contribution in [1.29, 1.82) is 0 Å². The molecular weight excluding hydrogens is 359 g/mol. The highest BCUT2D eigenvalue weighted by Gasteiger charge is 2.28. The Morgan fingerprint density at radius 1 is 1.20 bits per heavy atom. The quantitative estimate of drug-likeness (QED) is 0.489. The third kappa shape index (κ3) is 3.89. The fourth-order valence-corrected chi connectivity index (χ4v) is 2.70. The van der Waals surface area contributed by atoms with Crippen LogP contribution >= 0.6 is 23.2 Å². The fourth-order valence-electron chi connectivity index (χ4n) is 2.33. The van der Waals surface area contributed by atoms with Crippen molar-refractivity contribution >= 4 is 35.1 Å². The molecule has 0 atom stereocenters. The Labute approximate surface area is 156 Å². The molecule has 5 heteroatoms. The van der Waals surface area contributed by atoms with Gasteiger partial charge in [-0.15, -0.1) is 0 Å². The summed E-state index contributed by atoms with van der Waals surface area (Å²) in [4.78, 5) is 12.5. The van der Waals surface area contributed by atoms with Crippen LogP contribution in [0.5, 0.6) is 11.5 Å². The number of rotatable bonds is 4. The third-order valence-electron chi connectivity index (χ3n) is 3.65. The minimum Gasteiger partial charge on any atom is -0.489 e. The fraction of sp³-hybridized carbons (Fsp3) is 0.150.